The van der Waals surface area contributed by atoms with Crippen LogP contribution in [0.5, 0.6) is 0 Å². The van der Waals surface area contributed by atoms with Crippen LogP contribution in [0.2, 0.25) is 19.6 Å². The Labute approximate surface area is 277 Å². The minimum absolute atomic E-state index is 0.157. The Morgan fingerprint density at radius 3 is 2.02 bits per heavy atom. The molecule has 5 aliphatic rings. The molecule has 0 atom stereocenters. The molecule has 0 unspecified atom stereocenters. The number of benzene rings is 5. The van der Waals surface area contributed by atoms with Crippen LogP contribution in [0, 0.1) is 23.7 Å². The first-order valence-electron chi connectivity index (χ1n) is 17.4. The highest BCUT2D eigenvalue weighted by Crippen LogP contribution is 2.69. The molecule has 1 spiro atoms. The van der Waals surface area contributed by atoms with E-state index in [0.29, 0.717) is 0 Å². The van der Waals surface area contributed by atoms with Gasteiger partial charge in [0.1, 0.15) is 0 Å². The monoisotopic (exact) mass is 631 g/mol. The highest BCUT2D eigenvalue weighted by Gasteiger charge is 2.61. The number of hydrogen-bond acceptors (Lipinski definition) is 2. The zero-order valence-corrected chi connectivity index (χ0v) is 28.9. The van der Waals surface area contributed by atoms with Crippen LogP contribution in [0.25, 0.3) is 31.3 Å². The van der Waals surface area contributed by atoms with Gasteiger partial charge in [-0.2, -0.15) is 0 Å². The van der Waals surface area contributed by atoms with Gasteiger partial charge < -0.3 is 4.90 Å². The quantitative estimate of drug-likeness (QED) is 0.175. The fraction of sp³-hybridized carbons (Fsp3) is 0.302. The van der Waals surface area contributed by atoms with Gasteiger partial charge in [0.05, 0.1) is 13.8 Å². The lowest BCUT2D eigenvalue weighted by Crippen LogP contribution is -2.55. The predicted octanol–water partition coefficient (Wildman–Crippen LogP) is 11.8. The van der Waals surface area contributed by atoms with Crippen molar-refractivity contribution in [1.29, 1.82) is 0 Å². The van der Waals surface area contributed by atoms with E-state index >= 15 is 0 Å². The maximum absolute atomic E-state index is 2.65. The van der Waals surface area contributed by atoms with Crippen LogP contribution in [-0.2, 0) is 5.41 Å². The largest absolute Gasteiger partial charge is 0.310 e. The molecule has 0 N–H and O–H groups in total. The van der Waals surface area contributed by atoms with E-state index in [1.165, 1.54) is 85.7 Å². The van der Waals surface area contributed by atoms with Crippen molar-refractivity contribution in [3.8, 4) is 11.1 Å². The summed E-state index contributed by atoms with van der Waals surface area (Å²) in [5.74, 6) is 3.40. The van der Waals surface area contributed by atoms with Gasteiger partial charge in [-0.1, -0.05) is 91.6 Å². The Hall–Kier alpha value is -3.66. The molecule has 4 bridgehead atoms. The molecule has 46 heavy (non-hydrogen) atoms. The van der Waals surface area contributed by atoms with E-state index < -0.39 is 8.07 Å². The molecule has 0 saturated heterocycles. The van der Waals surface area contributed by atoms with Gasteiger partial charge in [-0.15, -0.1) is 11.3 Å². The van der Waals surface area contributed by atoms with Crippen molar-refractivity contribution in [2.24, 2.45) is 23.7 Å². The molecule has 1 aromatic heterocycles. The summed E-state index contributed by atoms with van der Waals surface area (Å²) in [6.45, 7) is 7.34. The molecule has 0 aliphatic heterocycles. The van der Waals surface area contributed by atoms with E-state index in [0.717, 1.165) is 23.7 Å². The molecule has 228 valence electrons. The SMILES string of the molecule is C[Si](C)(C)c1ccc(N(c2ccc3c(c2)C2(c4ccccc4-3)C3CC4CC(C3)CC2C4)c2cccc3sc4ccccc4c23)cc1. The van der Waals surface area contributed by atoms with Crippen LogP contribution in [0.1, 0.15) is 43.2 Å². The lowest BCUT2D eigenvalue weighted by Gasteiger charge is -2.61. The summed E-state index contributed by atoms with van der Waals surface area (Å²) in [6.07, 6.45) is 7.12. The van der Waals surface area contributed by atoms with Crippen LogP contribution in [0.4, 0.5) is 17.1 Å². The van der Waals surface area contributed by atoms with Crippen LogP contribution in [0.3, 0.4) is 0 Å². The zero-order valence-electron chi connectivity index (χ0n) is 27.1. The maximum atomic E-state index is 2.65. The normalized spacial score (nSPS) is 25.8. The van der Waals surface area contributed by atoms with Crippen molar-refractivity contribution in [3.05, 3.63) is 120 Å². The van der Waals surface area contributed by atoms with Crippen molar-refractivity contribution < 1.29 is 0 Å². The van der Waals surface area contributed by atoms with Gasteiger partial charge in [-0.3, -0.25) is 0 Å². The fourth-order valence-electron chi connectivity index (χ4n) is 10.8. The van der Waals surface area contributed by atoms with E-state index in [-0.39, 0.29) is 5.41 Å². The molecule has 5 aromatic carbocycles. The Kier molecular flexibility index (Phi) is 5.78. The molecule has 4 fully saturated rings. The van der Waals surface area contributed by atoms with Gasteiger partial charge in [0, 0.05) is 37.0 Å². The van der Waals surface area contributed by atoms with Crippen LogP contribution in [-0.4, -0.2) is 8.07 Å². The molecule has 5 aliphatic carbocycles. The van der Waals surface area contributed by atoms with E-state index in [1.54, 1.807) is 11.1 Å². The summed E-state index contributed by atoms with van der Waals surface area (Å²) in [6, 6.07) is 42.5. The van der Waals surface area contributed by atoms with Gasteiger partial charge in [0.15, 0.2) is 0 Å². The standard InChI is InChI=1S/C43H41NSSi/c1-46(2,3)33-18-15-31(16-19-33)44(39-12-8-14-41-42(39)36-10-5-7-13-40(36)45-41)32-17-20-35-34-9-4-6-11-37(34)43(38(35)26-32)29-22-27-21-28(24-29)25-30(43)23-27/h4-20,26-30H,21-25H2,1-3H3. The Morgan fingerprint density at radius 1 is 0.609 bits per heavy atom. The highest BCUT2D eigenvalue weighted by molar-refractivity contribution is 7.26. The van der Waals surface area contributed by atoms with Gasteiger partial charge in [-0.05, 0) is 120 Å². The third-order valence-electron chi connectivity index (χ3n) is 12.4. The summed E-state index contributed by atoms with van der Waals surface area (Å²) in [4.78, 5) is 2.59. The van der Waals surface area contributed by atoms with Gasteiger partial charge in [-0.25, -0.2) is 0 Å². The van der Waals surface area contributed by atoms with Crippen molar-refractivity contribution in [2.45, 2.75) is 57.2 Å². The van der Waals surface area contributed by atoms with E-state index in [9.17, 15) is 0 Å². The first kappa shape index (κ1) is 27.4. The van der Waals surface area contributed by atoms with Crippen LogP contribution < -0.4 is 10.1 Å². The second-order valence-corrected chi connectivity index (χ2v) is 22.0. The summed E-state index contributed by atoms with van der Waals surface area (Å²) >= 11 is 1.91. The predicted molar refractivity (Wildman–Crippen MR) is 200 cm³/mol. The van der Waals surface area contributed by atoms with E-state index in [2.05, 4.69) is 134 Å². The molecular formula is C43H41NSSi. The third kappa shape index (κ3) is 3.73. The Balaban J connectivity index is 1.22. The first-order valence-corrected chi connectivity index (χ1v) is 21.8. The molecular weight excluding hydrogens is 591 g/mol. The fourth-order valence-corrected chi connectivity index (χ4v) is 13.1. The number of hydrogen-bond donors (Lipinski definition) is 0. The number of nitrogens with zero attached hydrogens (tertiary/aromatic N) is 1. The van der Waals surface area contributed by atoms with Gasteiger partial charge in [0.25, 0.3) is 0 Å². The average molecular weight is 632 g/mol. The molecule has 0 radical (unpaired) electrons. The number of thiophene rings is 1. The van der Waals surface area contributed by atoms with Gasteiger partial charge in [0.2, 0.25) is 0 Å². The zero-order chi connectivity index (χ0) is 30.8. The smallest absolute Gasteiger partial charge is 0.0775 e. The third-order valence-corrected chi connectivity index (χ3v) is 15.6. The summed E-state index contributed by atoms with van der Waals surface area (Å²) < 4.78 is 2.71. The van der Waals surface area contributed by atoms with E-state index in [4.69, 9.17) is 0 Å². The second kappa shape index (κ2) is 9.68. The molecule has 3 heteroatoms. The topological polar surface area (TPSA) is 3.24 Å². The number of fused-ring (bicyclic) bond motifs is 6. The Morgan fingerprint density at radius 2 is 1.26 bits per heavy atom. The lowest BCUT2D eigenvalue weighted by atomic mass is 9.43. The highest BCUT2D eigenvalue weighted by atomic mass is 32.1. The number of anilines is 3. The maximum Gasteiger partial charge on any atom is 0.0775 e. The second-order valence-electron chi connectivity index (χ2n) is 15.8. The summed E-state index contributed by atoms with van der Waals surface area (Å²) in [5.41, 5.74) is 10.2. The minimum atomic E-state index is -1.43. The van der Waals surface area contributed by atoms with Crippen molar-refractivity contribution >= 4 is 61.8 Å². The molecule has 6 aromatic rings. The van der Waals surface area contributed by atoms with E-state index in [1.807, 2.05) is 11.3 Å². The number of rotatable bonds is 4. The van der Waals surface area contributed by atoms with Crippen molar-refractivity contribution in [2.75, 3.05) is 4.90 Å². The first-order chi connectivity index (χ1) is 22.4. The molecule has 1 heterocycles. The Bertz CT molecular complexity index is 2140. The summed E-state index contributed by atoms with van der Waals surface area (Å²) in [7, 11) is -1.43. The molecule has 1 nitrogen and oxygen atoms in total. The van der Waals surface area contributed by atoms with Gasteiger partial charge >= 0.3 is 0 Å². The minimum Gasteiger partial charge on any atom is -0.310 e. The average Bonchev–Trinajstić information content (AvgIpc) is 3.58. The van der Waals surface area contributed by atoms with Crippen LogP contribution >= 0.6 is 11.3 Å². The van der Waals surface area contributed by atoms with Crippen molar-refractivity contribution in [1.82, 2.24) is 0 Å². The van der Waals surface area contributed by atoms with Crippen LogP contribution in [0.15, 0.2) is 109 Å². The molecule has 11 rings (SSSR count). The molecule has 0 amide bonds. The lowest BCUT2D eigenvalue weighted by molar-refractivity contribution is -0.0399. The molecule has 4 saturated carbocycles. The van der Waals surface area contributed by atoms with Crippen molar-refractivity contribution in [3.63, 3.8) is 0 Å². The summed E-state index contributed by atoms with van der Waals surface area (Å²) in [5, 5.41) is 4.23.